The molecule has 0 heterocycles. The van der Waals surface area contributed by atoms with E-state index in [0.29, 0.717) is 6.04 Å². The van der Waals surface area contributed by atoms with Crippen LogP contribution in [-0.2, 0) is 0 Å². The van der Waals surface area contributed by atoms with Crippen LogP contribution in [0.15, 0.2) is 0 Å². The Kier molecular flexibility index (Phi) is 3.77. The predicted molar refractivity (Wildman–Crippen MR) is 32.9 cm³/mol. The Balaban J connectivity index is 3.29. The van der Waals surface area contributed by atoms with Gasteiger partial charge < -0.3 is 10.5 Å². The molecule has 0 rings (SSSR count). The molecule has 0 aromatic carbocycles. The van der Waals surface area contributed by atoms with Crippen molar-refractivity contribution in [3.05, 3.63) is 0 Å². The molecule has 2 unspecified atom stereocenters. The Bertz CT molecular complexity index is 50.4. The van der Waals surface area contributed by atoms with Crippen molar-refractivity contribution >= 4 is 0 Å². The first-order valence-electron chi connectivity index (χ1n) is 2.79. The molecule has 0 aromatic rings. The van der Waals surface area contributed by atoms with Crippen molar-refractivity contribution in [3.8, 4) is 0 Å². The van der Waals surface area contributed by atoms with Crippen molar-refractivity contribution < 1.29 is 5.21 Å². The summed E-state index contributed by atoms with van der Waals surface area (Å²) in [5.41, 5.74) is 2.15. The number of rotatable bonds is 3. The lowest BCUT2D eigenvalue weighted by molar-refractivity contribution is 0.119. The highest BCUT2D eigenvalue weighted by atomic mass is 16.5. The lowest BCUT2D eigenvalue weighted by Crippen LogP contribution is -2.41. The Hall–Kier alpha value is -0.120. The van der Waals surface area contributed by atoms with Gasteiger partial charge in [-0.1, -0.05) is 0 Å². The second-order valence-corrected chi connectivity index (χ2v) is 2.00. The molecule has 0 radical (unpaired) electrons. The minimum absolute atomic E-state index is 0.111. The van der Waals surface area contributed by atoms with Crippen LogP contribution in [0.4, 0.5) is 0 Å². The summed E-state index contributed by atoms with van der Waals surface area (Å²) in [7, 11) is 1.86. The zero-order chi connectivity index (χ0) is 6.57. The monoisotopic (exact) mass is 118 g/mol. The van der Waals surface area contributed by atoms with E-state index >= 15 is 0 Å². The Morgan fingerprint density at radius 2 is 1.75 bits per heavy atom. The first-order valence-corrected chi connectivity index (χ1v) is 2.79. The van der Waals surface area contributed by atoms with Gasteiger partial charge in [0.25, 0.3) is 0 Å². The van der Waals surface area contributed by atoms with Crippen LogP contribution < -0.4 is 10.8 Å². The van der Waals surface area contributed by atoms with Gasteiger partial charge in [0.2, 0.25) is 0 Å². The van der Waals surface area contributed by atoms with E-state index in [4.69, 9.17) is 5.21 Å². The second-order valence-electron chi connectivity index (χ2n) is 2.00. The van der Waals surface area contributed by atoms with Gasteiger partial charge >= 0.3 is 0 Å². The smallest absolute Gasteiger partial charge is 0.0441 e. The van der Waals surface area contributed by atoms with Crippen molar-refractivity contribution in [2.75, 3.05) is 7.05 Å². The second kappa shape index (κ2) is 3.83. The zero-order valence-electron chi connectivity index (χ0n) is 5.60. The first-order chi connectivity index (χ1) is 3.72. The van der Waals surface area contributed by atoms with Gasteiger partial charge in [0.1, 0.15) is 0 Å². The summed E-state index contributed by atoms with van der Waals surface area (Å²) in [6, 6.07) is 0.417. The molecule has 0 saturated carbocycles. The maximum Gasteiger partial charge on any atom is 0.0441 e. The summed E-state index contributed by atoms with van der Waals surface area (Å²) in [5.74, 6) is 0. The van der Waals surface area contributed by atoms with E-state index in [1.165, 1.54) is 0 Å². The summed E-state index contributed by atoms with van der Waals surface area (Å²) in [4.78, 5) is 0. The third kappa shape index (κ3) is 2.26. The number of hydroxylamine groups is 1. The lowest BCUT2D eigenvalue weighted by Gasteiger charge is -2.16. The van der Waals surface area contributed by atoms with Crippen LogP contribution >= 0.6 is 0 Å². The molecule has 0 amide bonds. The van der Waals surface area contributed by atoms with Crippen molar-refractivity contribution in [2.45, 2.75) is 25.9 Å². The van der Waals surface area contributed by atoms with Crippen LogP contribution in [0.2, 0.25) is 0 Å². The van der Waals surface area contributed by atoms with Crippen LogP contribution in [0.1, 0.15) is 13.8 Å². The summed E-state index contributed by atoms with van der Waals surface area (Å²) in [6.07, 6.45) is 0. The molecule has 3 nitrogen and oxygen atoms in total. The number of hydrogen-bond donors (Lipinski definition) is 3. The van der Waals surface area contributed by atoms with Gasteiger partial charge in [-0.15, -0.1) is 0 Å². The molecule has 0 aliphatic carbocycles. The Labute approximate surface area is 50.0 Å². The van der Waals surface area contributed by atoms with Crippen LogP contribution in [0.3, 0.4) is 0 Å². The van der Waals surface area contributed by atoms with Crippen molar-refractivity contribution in [1.29, 1.82) is 0 Å². The van der Waals surface area contributed by atoms with E-state index in [2.05, 4.69) is 10.8 Å². The van der Waals surface area contributed by atoms with E-state index in [1.807, 2.05) is 20.9 Å². The minimum Gasteiger partial charge on any atom is -0.316 e. The van der Waals surface area contributed by atoms with E-state index < -0.39 is 0 Å². The van der Waals surface area contributed by atoms with Gasteiger partial charge in [-0.2, -0.15) is 0 Å². The van der Waals surface area contributed by atoms with Gasteiger partial charge in [0, 0.05) is 12.1 Å². The minimum atomic E-state index is 0.111. The van der Waals surface area contributed by atoms with Gasteiger partial charge in [-0.3, -0.25) is 0 Å². The molecular formula is C5H14N2O. The molecule has 0 saturated heterocycles. The molecule has 0 aliphatic heterocycles. The highest BCUT2D eigenvalue weighted by Crippen LogP contribution is 1.86. The molecule has 2 atom stereocenters. The molecule has 0 bridgehead atoms. The van der Waals surface area contributed by atoms with E-state index in [-0.39, 0.29) is 6.04 Å². The maximum absolute atomic E-state index is 8.35. The molecule has 0 aromatic heterocycles. The third-order valence-electron chi connectivity index (χ3n) is 1.41. The summed E-state index contributed by atoms with van der Waals surface area (Å²) >= 11 is 0. The quantitative estimate of drug-likeness (QED) is 0.456. The van der Waals surface area contributed by atoms with Crippen LogP contribution in [0.25, 0.3) is 0 Å². The summed E-state index contributed by atoms with van der Waals surface area (Å²) in [5, 5.41) is 11.3. The molecule has 3 heteroatoms. The molecule has 8 heavy (non-hydrogen) atoms. The fourth-order valence-corrected chi connectivity index (χ4v) is 0.362. The third-order valence-corrected chi connectivity index (χ3v) is 1.41. The van der Waals surface area contributed by atoms with Gasteiger partial charge in [0.15, 0.2) is 0 Å². The molecule has 0 fully saturated rings. The Morgan fingerprint density at radius 1 is 1.25 bits per heavy atom. The largest absolute Gasteiger partial charge is 0.316 e. The number of nitrogens with one attached hydrogen (secondary N) is 2. The van der Waals surface area contributed by atoms with E-state index in [0.717, 1.165) is 0 Å². The molecule has 50 valence electrons. The van der Waals surface area contributed by atoms with Gasteiger partial charge in [0.05, 0.1) is 0 Å². The van der Waals surface area contributed by atoms with Crippen LogP contribution in [0.5, 0.6) is 0 Å². The topological polar surface area (TPSA) is 44.3 Å². The normalized spacial score (nSPS) is 18.0. The average Bonchev–Trinajstić information content (AvgIpc) is 1.84. The molecule has 0 aliphatic rings. The fraction of sp³-hybridized carbons (Fsp3) is 1.00. The zero-order valence-corrected chi connectivity index (χ0v) is 5.60. The van der Waals surface area contributed by atoms with Crippen molar-refractivity contribution in [3.63, 3.8) is 0 Å². The van der Waals surface area contributed by atoms with Crippen LogP contribution in [-0.4, -0.2) is 24.3 Å². The lowest BCUT2D eigenvalue weighted by atomic mass is 10.2. The van der Waals surface area contributed by atoms with E-state index in [9.17, 15) is 0 Å². The molecular weight excluding hydrogens is 104 g/mol. The number of likely N-dealkylation sites (N-methyl/N-ethyl adjacent to an activating group) is 1. The van der Waals surface area contributed by atoms with Crippen molar-refractivity contribution in [1.82, 2.24) is 10.8 Å². The summed E-state index contributed by atoms with van der Waals surface area (Å²) in [6.45, 7) is 3.90. The van der Waals surface area contributed by atoms with Gasteiger partial charge in [-0.25, -0.2) is 5.48 Å². The average molecular weight is 118 g/mol. The van der Waals surface area contributed by atoms with Crippen LogP contribution in [0, 0.1) is 0 Å². The number of hydrogen-bond acceptors (Lipinski definition) is 3. The van der Waals surface area contributed by atoms with Crippen molar-refractivity contribution in [2.24, 2.45) is 0 Å². The first kappa shape index (κ1) is 7.88. The highest BCUT2D eigenvalue weighted by Gasteiger charge is 2.05. The SMILES string of the molecule is CNC(C)C(C)NO. The highest BCUT2D eigenvalue weighted by molar-refractivity contribution is 4.67. The Morgan fingerprint density at radius 3 is 1.88 bits per heavy atom. The standard InChI is InChI=1S/C5H14N2O/c1-4(6-3)5(2)7-8/h4-8H,1-3H3. The summed E-state index contributed by atoms with van der Waals surface area (Å²) < 4.78 is 0. The van der Waals surface area contributed by atoms with Gasteiger partial charge in [-0.05, 0) is 20.9 Å². The maximum atomic E-state index is 8.35. The molecule has 3 N–H and O–H groups in total. The molecule has 0 spiro atoms. The fourth-order valence-electron chi connectivity index (χ4n) is 0.362. The van der Waals surface area contributed by atoms with E-state index in [1.54, 1.807) is 0 Å². The predicted octanol–water partition coefficient (Wildman–Crippen LogP) is -0.0384.